The van der Waals surface area contributed by atoms with Crippen LogP contribution >= 0.6 is 0 Å². The fraction of sp³-hybridized carbons (Fsp3) is 0.350. The van der Waals surface area contributed by atoms with Gasteiger partial charge in [0.2, 0.25) is 0 Å². The number of carbonyl (C=O) groups is 1. The Morgan fingerprint density at radius 1 is 1.11 bits per heavy atom. The molecule has 0 radical (unpaired) electrons. The zero-order chi connectivity index (χ0) is 18.6. The summed E-state index contributed by atoms with van der Waals surface area (Å²) in [7, 11) is 0. The van der Waals surface area contributed by atoms with E-state index in [1.807, 2.05) is 52.9 Å². The van der Waals surface area contributed by atoms with Crippen LogP contribution in [0.25, 0.3) is 11.3 Å². The lowest BCUT2D eigenvalue weighted by atomic mass is 10.1. The van der Waals surface area contributed by atoms with Crippen LogP contribution in [-0.2, 0) is 6.54 Å². The normalized spacial score (nSPS) is 15.2. The molecule has 0 spiro atoms. The topological polar surface area (TPSA) is 67.4 Å². The second kappa shape index (κ2) is 7.75. The standard InChI is InChI=1S/C20H23N5O2/c1-16-13-18(19(27-16)17-5-3-2-4-6-17)20(26)24-10-7-23(8-11-24)9-12-25-15-21-14-22-25/h2-6,13-15H,7-12H2,1H3. The largest absolute Gasteiger partial charge is 0.461 e. The smallest absolute Gasteiger partial charge is 0.257 e. The summed E-state index contributed by atoms with van der Waals surface area (Å²) in [4.78, 5) is 21.3. The number of rotatable bonds is 5. The third-order valence-corrected chi connectivity index (χ3v) is 4.89. The number of amides is 1. The van der Waals surface area contributed by atoms with Crippen LogP contribution in [0.3, 0.4) is 0 Å². The fourth-order valence-electron chi connectivity index (χ4n) is 3.41. The highest BCUT2D eigenvalue weighted by atomic mass is 16.3. The number of hydrogen-bond donors (Lipinski definition) is 0. The molecule has 0 atom stereocenters. The molecule has 4 rings (SSSR count). The van der Waals surface area contributed by atoms with Gasteiger partial charge in [-0.05, 0) is 13.0 Å². The van der Waals surface area contributed by atoms with E-state index in [0.717, 1.165) is 37.5 Å². The molecule has 0 saturated carbocycles. The molecule has 7 nitrogen and oxygen atoms in total. The molecule has 1 aromatic carbocycles. The van der Waals surface area contributed by atoms with Crippen LogP contribution in [0.15, 0.2) is 53.5 Å². The van der Waals surface area contributed by atoms with Gasteiger partial charge in [0.25, 0.3) is 5.91 Å². The molecule has 7 heteroatoms. The van der Waals surface area contributed by atoms with Crippen LogP contribution in [-0.4, -0.2) is 63.2 Å². The van der Waals surface area contributed by atoms with Gasteiger partial charge in [0, 0.05) is 38.3 Å². The SMILES string of the molecule is Cc1cc(C(=O)N2CCN(CCn3cncn3)CC2)c(-c2ccccc2)o1. The third-order valence-electron chi connectivity index (χ3n) is 4.89. The summed E-state index contributed by atoms with van der Waals surface area (Å²) in [6.45, 7) is 6.75. The number of hydrogen-bond acceptors (Lipinski definition) is 5. The van der Waals surface area contributed by atoms with E-state index in [2.05, 4.69) is 15.0 Å². The highest BCUT2D eigenvalue weighted by molar-refractivity contribution is 5.99. The maximum atomic E-state index is 13.1. The van der Waals surface area contributed by atoms with E-state index in [1.165, 1.54) is 0 Å². The van der Waals surface area contributed by atoms with Crippen LogP contribution < -0.4 is 0 Å². The lowest BCUT2D eigenvalue weighted by Crippen LogP contribution is -2.49. The van der Waals surface area contributed by atoms with Crippen molar-refractivity contribution in [3.8, 4) is 11.3 Å². The van der Waals surface area contributed by atoms with Crippen molar-refractivity contribution in [1.29, 1.82) is 0 Å². The molecule has 1 fully saturated rings. The molecule has 2 aromatic heterocycles. The lowest BCUT2D eigenvalue weighted by molar-refractivity contribution is 0.0632. The molecular formula is C20H23N5O2. The molecule has 3 aromatic rings. The van der Waals surface area contributed by atoms with E-state index in [0.29, 0.717) is 24.4 Å². The molecule has 1 aliphatic heterocycles. The average Bonchev–Trinajstić information content (AvgIpc) is 3.36. The van der Waals surface area contributed by atoms with Gasteiger partial charge < -0.3 is 9.32 Å². The number of benzene rings is 1. The minimum atomic E-state index is 0.0432. The molecule has 1 amide bonds. The molecular weight excluding hydrogens is 342 g/mol. The number of furan rings is 1. The molecule has 1 saturated heterocycles. The Kier molecular flexibility index (Phi) is 5.02. The molecule has 1 aliphatic rings. The van der Waals surface area contributed by atoms with E-state index in [9.17, 15) is 4.79 Å². The van der Waals surface area contributed by atoms with Gasteiger partial charge in [-0.2, -0.15) is 5.10 Å². The fourth-order valence-corrected chi connectivity index (χ4v) is 3.41. The van der Waals surface area contributed by atoms with E-state index < -0.39 is 0 Å². The summed E-state index contributed by atoms with van der Waals surface area (Å²) in [6, 6.07) is 11.7. The number of aromatic nitrogens is 3. The Morgan fingerprint density at radius 3 is 2.59 bits per heavy atom. The molecule has 0 N–H and O–H groups in total. The van der Waals surface area contributed by atoms with Crippen molar-refractivity contribution < 1.29 is 9.21 Å². The summed E-state index contributed by atoms with van der Waals surface area (Å²) >= 11 is 0. The van der Waals surface area contributed by atoms with Crippen LogP contribution in [0.2, 0.25) is 0 Å². The number of nitrogens with zero attached hydrogens (tertiary/aromatic N) is 5. The van der Waals surface area contributed by atoms with Gasteiger partial charge >= 0.3 is 0 Å². The van der Waals surface area contributed by atoms with Gasteiger partial charge in [-0.3, -0.25) is 14.4 Å². The van der Waals surface area contributed by atoms with Crippen molar-refractivity contribution in [3.63, 3.8) is 0 Å². The predicted molar refractivity (Wildman–Crippen MR) is 101 cm³/mol. The first kappa shape index (κ1) is 17.5. The molecule has 0 aliphatic carbocycles. The zero-order valence-corrected chi connectivity index (χ0v) is 15.4. The summed E-state index contributed by atoms with van der Waals surface area (Å²) in [5, 5.41) is 4.13. The van der Waals surface area contributed by atoms with Crippen molar-refractivity contribution in [1.82, 2.24) is 24.6 Å². The summed E-state index contributed by atoms with van der Waals surface area (Å²) in [6.07, 6.45) is 3.28. The van der Waals surface area contributed by atoms with Crippen LogP contribution in [0, 0.1) is 6.92 Å². The van der Waals surface area contributed by atoms with E-state index in [4.69, 9.17) is 4.42 Å². The first-order valence-electron chi connectivity index (χ1n) is 9.20. The maximum Gasteiger partial charge on any atom is 0.257 e. The zero-order valence-electron chi connectivity index (χ0n) is 15.4. The van der Waals surface area contributed by atoms with Crippen LogP contribution in [0.5, 0.6) is 0 Å². The van der Waals surface area contributed by atoms with Gasteiger partial charge in [0.05, 0.1) is 12.1 Å². The minimum absolute atomic E-state index is 0.0432. The highest BCUT2D eigenvalue weighted by Crippen LogP contribution is 2.28. The number of aryl methyl sites for hydroxylation is 1. The van der Waals surface area contributed by atoms with Gasteiger partial charge in [-0.1, -0.05) is 30.3 Å². The number of piperazine rings is 1. The quantitative estimate of drug-likeness (QED) is 0.694. The summed E-state index contributed by atoms with van der Waals surface area (Å²) in [5.74, 6) is 1.46. The Bertz CT molecular complexity index is 881. The Labute approximate surface area is 158 Å². The van der Waals surface area contributed by atoms with Crippen LogP contribution in [0.4, 0.5) is 0 Å². The molecule has 140 valence electrons. The average molecular weight is 365 g/mol. The van der Waals surface area contributed by atoms with Crippen molar-refractivity contribution in [3.05, 3.63) is 60.4 Å². The summed E-state index contributed by atoms with van der Waals surface area (Å²) in [5.41, 5.74) is 1.58. The summed E-state index contributed by atoms with van der Waals surface area (Å²) < 4.78 is 7.67. The van der Waals surface area contributed by atoms with Crippen molar-refractivity contribution in [2.45, 2.75) is 13.5 Å². The van der Waals surface area contributed by atoms with Gasteiger partial charge in [0.15, 0.2) is 0 Å². The van der Waals surface area contributed by atoms with Gasteiger partial charge in [-0.25, -0.2) is 4.98 Å². The molecule has 0 bridgehead atoms. The minimum Gasteiger partial charge on any atom is -0.461 e. The van der Waals surface area contributed by atoms with Crippen molar-refractivity contribution >= 4 is 5.91 Å². The van der Waals surface area contributed by atoms with E-state index in [1.54, 1.807) is 12.7 Å². The van der Waals surface area contributed by atoms with Crippen molar-refractivity contribution in [2.24, 2.45) is 0 Å². The Balaban J connectivity index is 1.40. The second-order valence-corrected chi connectivity index (χ2v) is 6.76. The first-order valence-corrected chi connectivity index (χ1v) is 9.20. The highest BCUT2D eigenvalue weighted by Gasteiger charge is 2.26. The second-order valence-electron chi connectivity index (χ2n) is 6.76. The molecule has 3 heterocycles. The molecule has 0 unspecified atom stereocenters. The van der Waals surface area contributed by atoms with Gasteiger partial charge in [-0.15, -0.1) is 0 Å². The van der Waals surface area contributed by atoms with E-state index in [-0.39, 0.29) is 5.91 Å². The Hall–Kier alpha value is -2.93. The van der Waals surface area contributed by atoms with Crippen LogP contribution in [0.1, 0.15) is 16.1 Å². The lowest BCUT2D eigenvalue weighted by Gasteiger charge is -2.34. The third kappa shape index (κ3) is 3.93. The predicted octanol–water partition coefficient (Wildman–Crippen LogP) is 2.30. The Morgan fingerprint density at radius 2 is 1.89 bits per heavy atom. The van der Waals surface area contributed by atoms with Crippen molar-refractivity contribution in [2.75, 3.05) is 32.7 Å². The first-order chi connectivity index (χ1) is 13.2. The van der Waals surface area contributed by atoms with E-state index >= 15 is 0 Å². The maximum absolute atomic E-state index is 13.1. The molecule has 27 heavy (non-hydrogen) atoms. The number of carbonyl (C=O) groups excluding carboxylic acids is 1. The monoisotopic (exact) mass is 365 g/mol. The van der Waals surface area contributed by atoms with Gasteiger partial charge in [0.1, 0.15) is 24.2 Å².